The Morgan fingerprint density at radius 3 is 2.45 bits per heavy atom. The van der Waals surface area contributed by atoms with Crippen LogP contribution in [0.25, 0.3) is 0 Å². The Morgan fingerprint density at radius 2 is 1.85 bits per heavy atom. The number of ketones is 1. The molecule has 3 rings (SSSR count). The third kappa shape index (κ3) is 5.85. The fourth-order valence-electron chi connectivity index (χ4n) is 4.31. The summed E-state index contributed by atoms with van der Waals surface area (Å²) >= 11 is 0. The van der Waals surface area contributed by atoms with Gasteiger partial charge in [0.15, 0.2) is 5.78 Å². The molecule has 1 saturated heterocycles. The number of Topliss-reactive ketones (excluding diaryl/α,β-unsaturated/α-hetero) is 1. The normalized spacial score (nSPS) is 17.3. The Bertz CT molecular complexity index is 1020. The second kappa shape index (κ2) is 10.1. The molecule has 0 saturated carbocycles. The molecule has 0 unspecified atom stereocenters. The van der Waals surface area contributed by atoms with Gasteiger partial charge in [-0.3, -0.25) is 19.5 Å². The highest BCUT2D eigenvalue weighted by molar-refractivity contribution is 5.97. The molecule has 0 spiro atoms. The van der Waals surface area contributed by atoms with Gasteiger partial charge in [-0.05, 0) is 68.1 Å². The summed E-state index contributed by atoms with van der Waals surface area (Å²) in [4.78, 5) is 34.1. The van der Waals surface area contributed by atoms with Crippen molar-refractivity contribution in [3.63, 3.8) is 0 Å². The van der Waals surface area contributed by atoms with E-state index in [1.165, 1.54) is 6.07 Å². The third-order valence-corrected chi connectivity index (χ3v) is 7.00. The minimum absolute atomic E-state index is 0.0681. The van der Waals surface area contributed by atoms with E-state index in [1.807, 2.05) is 45.6 Å². The van der Waals surface area contributed by atoms with Crippen LogP contribution in [0.5, 0.6) is 0 Å². The van der Waals surface area contributed by atoms with Crippen molar-refractivity contribution < 1.29 is 14.0 Å². The fraction of sp³-hybridized carbons (Fsp3) is 0.519. The highest BCUT2D eigenvalue weighted by Gasteiger charge is 2.35. The first-order chi connectivity index (χ1) is 15.5. The summed E-state index contributed by atoms with van der Waals surface area (Å²) < 4.78 is 14.5. The SMILES string of the molecule is CCC(C)(C)C(=O)N1CCN(Cc2cc(F)cc(CC(=O)c3ccc(C)nc3)c2C)C[C@@H]1C. The highest BCUT2D eigenvalue weighted by atomic mass is 19.1. The number of halogens is 1. The molecule has 0 radical (unpaired) electrons. The van der Waals surface area contributed by atoms with E-state index in [9.17, 15) is 14.0 Å². The Morgan fingerprint density at radius 1 is 1.15 bits per heavy atom. The number of pyridine rings is 1. The zero-order valence-corrected chi connectivity index (χ0v) is 20.7. The Labute approximate surface area is 197 Å². The second-order valence-electron chi connectivity index (χ2n) is 9.96. The maximum Gasteiger partial charge on any atom is 0.228 e. The van der Waals surface area contributed by atoms with Crippen LogP contribution in [0.2, 0.25) is 0 Å². The van der Waals surface area contributed by atoms with Gasteiger partial charge in [-0.2, -0.15) is 0 Å². The van der Waals surface area contributed by atoms with Crippen LogP contribution in [-0.4, -0.2) is 52.2 Å². The van der Waals surface area contributed by atoms with Crippen LogP contribution in [0.4, 0.5) is 4.39 Å². The molecule has 178 valence electrons. The molecule has 2 heterocycles. The first-order valence-corrected chi connectivity index (χ1v) is 11.8. The number of rotatable bonds is 7. The number of aryl methyl sites for hydroxylation is 1. The number of carbonyl (C=O) groups excluding carboxylic acids is 2. The summed E-state index contributed by atoms with van der Waals surface area (Å²) in [6.45, 7) is 14.7. The largest absolute Gasteiger partial charge is 0.337 e. The number of benzene rings is 1. The van der Waals surface area contributed by atoms with Gasteiger partial charge in [-0.1, -0.05) is 20.8 Å². The van der Waals surface area contributed by atoms with Gasteiger partial charge in [0.05, 0.1) is 0 Å². The molecule has 33 heavy (non-hydrogen) atoms. The first kappa shape index (κ1) is 25.0. The monoisotopic (exact) mass is 453 g/mol. The minimum Gasteiger partial charge on any atom is -0.337 e. The average molecular weight is 454 g/mol. The number of nitrogens with zero attached hydrogens (tertiary/aromatic N) is 3. The van der Waals surface area contributed by atoms with Crippen molar-refractivity contribution in [1.82, 2.24) is 14.8 Å². The predicted octanol–water partition coefficient (Wildman–Crippen LogP) is 4.73. The number of piperazine rings is 1. The summed E-state index contributed by atoms with van der Waals surface area (Å²) in [5, 5.41) is 0. The van der Waals surface area contributed by atoms with E-state index in [4.69, 9.17) is 0 Å². The Balaban J connectivity index is 1.71. The molecule has 1 fully saturated rings. The summed E-state index contributed by atoms with van der Waals surface area (Å²) in [6, 6.07) is 6.71. The molecule has 0 N–H and O–H groups in total. The van der Waals surface area contributed by atoms with Gasteiger partial charge in [0.2, 0.25) is 5.91 Å². The van der Waals surface area contributed by atoms with Crippen LogP contribution in [-0.2, 0) is 17.8 Å². The zero-order chi connectivity index (χ0) is 24.3. The van der Waals surface area contributed by atoms with Crippen LogP contribution < -0.4 is 0 Å². The van der Waals surface area contributed by atoms with E-state index in [1.54, 1.807) is 18.3 Å². The molecule has 1 atom stereocenters. The van der Waals surface area contributed by atoms with Crippen LogP contribution in [0.3, 0.4) is 0 Å². The molecule has 1 amide bonds. The van der Waals surface area contributed by atoms with Crippen molar-refractivity contribution in [1.29, 1.82) is 0 Å². The smallest absolute Gasteiger partial charge is 0.228 e. The summed E-state index contributed by atoms with van der Waals surface area (Å²) in [7, 11) is 0. The summed E-state index contributed by atoms with van der Waals surface area (Å²) in [5.74, 6) is -0.195. The van der Waals surface area contributed by atoms with Gasteiger partial charge in [-0.25, -0.2) is 4.39 Å². The maximum absolute atomic E-state index is 14.5. The van der Waals surface area contributed by atoms with Gasteiger partial charge < -0.3 is 4.90 Å². The van der Waals surface area contributed by atoms with Gasteiger partial charge in [0, 0.05) is 61.5 Å². The number of hydrogen-bond acceptors (Lipinski definition) is 4. The Hall–Kier alpha value is -2.60. The number of hydrogen-bond donors (Lipinski definition) is 0. The van der Waals surface area contributed by atoms with Gasteiger partial charge >= 0.3 is 0 Å². The number of aromatic nitrogens is 1. The summed E-state index contributed by atoms with van der Waals surface area (Å²) in [5.41, 5.74) is 3.58. The molecule has 6 heteroatoms. The standard InChI is InChI=1S/C27H36FN3O2/c1-7-27(5,6)26(33)31-11-10-30(16-19(31)3)17-23-13-24(28)12-22(20(23)4)14-25(32)21-9-8-18(2)29-15-21/h8-9,12-13,15,19H,7,10-11,14,16-17H2,1-6H3/t19-/m0/s1. The second-order valence-corrected chi connectivity index (χ2v) is 9.96. The minimum atomic E-state index is -0.357. The van der Waals surface area contributed by atoms with E-state index in [-0.39, 0.29) is 35.4 Å². The molecule has 0 aliphatic carbocycles. The van der Waals surface area contributed by atoms with Gasteiger partial charge in [0.25, 0.3) is 0 Å². The van der Waals surface area contributed by atoms with Gasteiger partial charge in [0.1, 0.15) is 5.82 Å². The van der Waals surface area contributed by atoms with Crippen molar-refractivity contribution in [2.75, 3.05) is 19.6 Å². The topological polar surface area (TPSA) is 53.5 Å². The third-order valence-electron chi connectivity index (χ3n) is 7.00. The van der Waals surface area contributed by atoms with Crippen molar-refractivity contribution in [2.45, 2.75) is 67.0 Å². The molecule has 0 bridgehead atoms. The quantitative estimate of drug-likeness (QED) is 0.569. The van der Waals surface area contributed by atoms with Crippen molar-refractivity contribution in [2.24, 2.45) is 5.41 Å². The highest BCUT2D eigenvalue weighted by Crippen LogP contribution is 2.27. The van der Waals surface area contributed by atoms with Gasteiger partial charge in [-0.15, -0.1) is 0 Å². The molecule has 1 aromatic heterocycles. The lowest BCUT2D eigenvalue weighted by Gasteiger charge is -2.43. The van der Waals surface area contributed by atoms with E-state index in [2.05, 4.69) is 16.8 Å². The summed E-state index contributed by atoms with van der Waals surface area (Å²) in [6.07, 6.45) is 2.53. The van der Waals surface area contributed by atoms with Crippen LogP contribution >= 0.6 is 0 Å². The lowest BCUT2D eigenvalue weighted by molar-refractivity contribution is -0.145. The van der Waals surface area contributed by atoms with Crippen LogP contribution in [0, 0.1) is 25.1 Å². The average Bonchev–Trinajstić information content (AvgIpc) is 2.77. The molecular weight excluding hydrogens is 417 g/mol. The van der Waals surface area contributed by atoms with Crippen molar-refractivity contribution in [3.8, 4) is 0 Å². The van der Waals surface area contributed by atoms with Crippen molar-refractivity contribution in [3.05, 3.63) is 64.2 Å². The van der Waals surface area contributed by atoms with Crippen molar-refractivity contribution >= 4 is 11.7 Å². The van der Waals surface area contributed by atoms with Crippen LogP contribution in [0.15, 0.2) is 30.5 Å². The van der Waals surface area contributed by atoms with E-state index < -0.39 is 0 Å². The van der Waals surface area contributed by atoms with Crippen LogP contribution in [0.1, 0.15) is 66.9 Å². The first-order valence-electron chi connectivity index (χ1n) is 11.8. The molecule has 1 aliphatic rings. The van der Waals surface area contributed by atoms with E-state index in [0.29, 0.717) is 24.2 Å². The Kier molecular flexibility index (Phi) is 7.68. The number of amides is 1. The number of carbonyl (C=O) groups is 2. The predicted molar refractivity (Wildman–Crippen MR) is 129 cm³/mol. The molecule has 1 aromatic carbocycles. The zero-order valence-electron chi connectivity index (χ0n) is 20.7. The lowest BCUT2D eigenvalue weighted by atomic mass is 9.87. The molecule has 5 nitrogen and oxygen atoms in total. The molecule has 2 aromatic rings. The van der Waals surface area contributed by atoms with E-state index >= 15 is 0 Å². The fourth-order valence-corrected chi connectivity index (χ4v) is 4.31. The molecule has 1 aliphatic heterocycles. The maximum atomic E-state index is 14.5. The van der Waals surface area contributed by atoms with E-state index in [0.717, 1.165) is 36.3 Å². The lowest BCUT2D eigenvalue weighted by Crippen LogP contribution is -2.56. The molecular formula is C27H36FN3O2.